The van der Waals surface area contributed by atoms with E-state index in [4.69, 9.17) is 0 Å². The van der Waals surface area contributed by atoms with Crippen LogP contribution in [0.25, 0.3) is 0 Å². The van der Waals surface area contributed by atoms with Crippen molar-refractivity contribution in [2.75, 3.05) is 13.1 Å². The lowest BCUT2D eigenvalue weighted by Gasteiger charge is -2.22. The molecule has 3 nitrogen and oxygen atoms in total. The topological polar surface area (TPSA) is 37.8 Å². The Morgan fingerprint density at radius 2 is 1.81 bits per heavy atom. The molecule has 0 spiro atoms. The first kappa shape index (κ1) is 11.5. The van der Waals surface area contributed by atoms with Crippen molar-refractivity contribution in [1.29, 1.82) is 0 Å². The summed E-state index contributed by atoms with van der Waals surface area (Å²) in [6.07, 6.45) is 2.37. The Morgan fingerprint density at radius 3 is 2.31 bits per heavy atom. The number of piperidine rings is 1. The van der Waals surface area contributed by atoms with Gasteiger partial charge in [-0.3, -0.25) is 0 Å². The minimum absolute atomic E-state index is 0.0969. The summed E-state index contributed by atoms with van der Waals surface area (Å²) in [5, 5.41) is 12.1. The molecule has 1 N–H and O–H groups in total. The van der Waals surface area contributed by atoms with E-state index in [9.17, 15) is 0 Å². The maximum atomic E-state index is 4.39. The predicted octanol–water partition coefficient (Wildman–Crippen LogP) is 2.24. The van der Waals surface area contributed by atoms with Crippen molar-refractivity contribution in [2.24, 2.45) is 0 Å². The molecule has 1 fully saturated rings. The van der Waals surface area contributed by atoms with E-state index in [2.05, 4.69) is 48.4 Å². The lowest BCUT2D eigenvalue weighted by atomic mass is 9.90. The lowest BCUT2D eigenvalue weighted by molar-refractivity contribution is 0.447. The normalized spacial score (nSPS) is 18.7. The molecule has 0 atom stereocenters. The van der Waals surface area contributed by atoms with E-state index in [1.165, 1.54) is 12.8 Å². The van der Waals surface area contributed by atoms with Gasteiger partial charge in [0.15, 0.2) is 0 Å². The highest BCUT2D eigenvalue weighted by Gasteiger charge is 2.19. The van der Waals surface area contributed by atoms with Crippen LogP contribution in [0.5, 0.6) is 0 Å². The molecule has 0 amide bonds. The van der Waals surface area contributed by atoms with Crippen molar-refractivity contribution in [2.45, 2.75) is 44.9 Å². The van der Waals surface area contributed by atoms with E-state index in [0.29, 0.717) is 5.92 Å². The van der Waals surface area contributed by atoms with Crippen LogP contribution in [0.1, 0.15) is 50.9 Å². The van der Waals surface area contributed by atoms with Gasteiger partial charge < -0.3 is 5.32 Å². The van der Waals surface area contributed by atoms with Crippen molar-refractivity contribution in [3.63, 3.8) is 0 Å². The first-order valence-corrected chi connectivity index (χ1v) is 6.12. The Balaban J connectivity index is 2.12. The van der Waals surface area contributed by atoms with E-state index in [0.717, 1.165) is 24.5 Å². The van der Waals surface area contributed by atoms with E-state index in [-0.39, 0.29) is 5.41 Å². The third-order valence-corrected chi connectivity index (χ3v) is 3.21. The molecule has 1 saturated heterocycles. The number of nitrogens with zero attached hydrogens (tertiary/aromatic N) is 2. The van der Waals surface area contributed by atoms with Crippen molar-refractivity contribution in [1.82, 2.24) is 15.5 Å². The van der Waals surface area contributed by atoms with Gasteiger partial charge in [-0.15, -0.1) is 0 Å². The highest BCUT2D eigenvalue weighted by molar-refractivity contribution is 5.16. The average molecular weight is 219 g/mol. The zero-order chi connectivity index (χ0) is 11.6. The Hall–Kier alpha value is -0.960. The van der Waals surface area contributed by atoms with Gasteiger partial charge in [-0.05, 0) is 38.1 Å². The molecule has 0 bridgehead atoms. The molecular weight excluding hydrogens is 198 g/mol. The third kappa shape index (κ3) is 2.59. The summed E-state index contributed by atoms with van der Waals surface area (Å²) in [6, 6.07) is 4.29. The van der Waals surface area contributed by atoms with Crippen LogP contribution in [-0.2, 0) is 5.41 Å². The molecule has 16 heavy (non-hydrogen) atoms. The van der Waals surface area contributed by atoms with Crippen LogP contribution in [0.3, 0.4) is 0 Å². The molecule has 0 saturated carbocycles. The fourth-order valence-corrected chi connectivity index (χ4v) is 2.08. The van der Waals surface area contributed by atoms with Gasteiger partial charge in [-0.1, -0.05) is 20.8 Å². The van der Waals surface area contributed by atoms with Crippen LogP contribution in [-0.4, -0.2) is 23.3 Å². The van der Waals surface area contributed by atoms with Gasteiger partial charge in [-0.25, -0.2) is 0 Å². The first-order chi connectivity index (χ1) is 7.57. The molecule has 1 aliphatic rings. The van der Waals surface area contributed by atoms with Gasteiger partial charge in [0.1, 0.15) is 0 Å². The van der Waals surface area contributed by atoms with E-state index < -0.39 is 0 Å². The summed E-state index contributed by atoms with van der Waals surface area (Å²) in [5.74, 6) is 0.600. The maximum Gasteiger partial charge on any atom is 0.0684 e. The van der Waals surface area contributed by atoms with Crippen LogP contribution < -0.4 is 5.32 Å². The highest BCUT2D eigenvalue weighted by atomic mass is 15.1. The van der Waals surface area contributed by atoms with Crippen molar-refractivity contribution >= 4 is 0 Å². The predicted molar refractivity (Wildman–Crippen MR) is 65.6 cm³/mol. The Morgan fingerprint density at radius 1 is 1.12 bits per heavy atom. The summed E-state index contributed by atoms with van der Waals surface area (Å²) >= 11 is 0. The van der Waals surface area contributed by atoms with Crippen LogP contribution >= 0.6 is 0 Å². The van der Waals surface area contributed by atoms with Gasteiger partial charge in [0, 0.05) is 11.3 Å². The standard InChI is InChI=1S/C13H21N3/c1-13(2,3)12-5-4-11(15-16-12)10-6-8-14-9-7-10/h4-5,10,14H,6-9H2,1-3H3. The zero-order valence-electron chi connectivity index (χ0n) is 10.5. The second-order valence-electron chi connectivity index (χ2n) is 5.62. The fourth-order valence-electron chi connectivity index (χ4n) is 2.08. The molecule has 3 heteroatoms. The van der Waals surface area contributed by atoms with Gasteiger partial charge in [0.05, 0.1) is 11.4 Å². The molecule has 1 aromatic heterocycles. The summed E-state index contributed by atoms with van der Waals surface area (Å²) in [6.45, 7) is 8.71. The van der Waals surface area contributed by atoms with Crippen molar-refractivity contribution < 1.29 is 0 Å². The van der Waals surface area contributed by atoms with Gasteiger partial charge in [0.25, 0.3) is 0 Å². The Bertz CT molecular complexity index is 331. The Kier molecular flexibility index (Phi) is 3.24. The zero-order valence-corrected chi connectivity index (χ0v) is 10.5. The second kappa shape index (κ2) is 4.50. The Labute approximate surface area is 97.7 Å². The molecule has 0 unspecified atom stereocenters. The average Bonchev–Trinajstić information content (AvgIpc) is 2.29. The van der Waals surface area contributed by atoms with E-state index >= 15 is 0 Å². The number of aromatic nitrogens is 2. The molecule has 0 aliphatic carbocycles. The minimum atomic E-state index is 0.0969. The van der Waals surface area contributed by atoms with Gasteiger partial charge in [-0.2, -0.15) is 10.2 Å². The molecule has 1 aliphatic heterocycles. The molecule has 2 rings (SSSR count). The number of hydrogen-bond donors (Lipinski definition) is 1. The summed E-state index contributed by atoms with van der Waals surface area (Å²) in [4.78, 5) is 0. The molecule has 0 radical (unpaired) electrons. The van der Waals surface area contributed by atoms with Crippen LogP contribution in [0, 0.1) is 0 Å². The van der Waals surface area contributed by atoms with Crippen molar-refractivity contribution in [3.8, 4) is 0 Å². The van der Waals surface area contributed by atoms with Gasteiger partial charge in [0.2, 0.25) is 0 Å². The van der Waals surface area contributed by atoms with E-state index in [1.54, 1.807) is 0 Å². The third-order valence-electron chi connectivity index (χ3n) is 3.21. The fraction of sp³-hybridized carbons (Fsp3) is 0.692. The van der Waals surface area contributed by atoms with Crippen molar-refractivity contribution in [3.05, 3.63) is 23.5 Å². The molecule has 0 aromatic carbocycles. The molecule has 1 aromatic rings. The van der Waals surface area contributed by atoms with Crippen LogP contribution in [0.4, 0.5) is 0 Å². The first-order valence-electron chi connectivity index (χ1n) is 6.12. The SMILES string of the molecule is CC(C)(C)c1ccc(C2CCNCC2)nn1. The summed E-state index contributed by atoms with van der Waals surface area (Å²) in [5.41, 5.74) is 2.33. The monoisotopic (exact) mass is 219 g/mol. The minimum Gasteiger partial charge on any atom is -0.317 e. The number of hydrogen-bond acceptors (Lipinski definition) is 3. The quantitative estimate of drug-likeness (QED) is 0.787. The maximum absolute atomic E-state index is 4.39. The smallest absolute Gasteiger partial charge is 0.0684 e. The van der Waals surface area contributed by atoms with Crippen LogP contribution in [0.15, 0.2) is 12.1 Å². The summed E-state index contributed by atoms with van der Waals surface area (Å²) < 4.78 is 0. The molecule has 88 valence electrons. The second-order valence-corrected chi connectivity index (χ2v) is 5.62. The largest absolute Gasteiger partial charge is 0.317 e. The summed E-state index contributed by atoms with van der Waals surface area (Å²) in [7, 11) is 0. The lowest BCUT2D eigenvalue weighted by Crippen LogP contribution is -2.27. The molecular formula is C13H21N3. The van der Waals surface area contributed by atoms with Gasteiger partial charge >= 0.3 is 0 Å². The van der Waals surface area contributed by atoms with Crippen LogP contribution in [0.2, 0.25) is 0 Å². The van der Waals surface area contributed by atoms with E-state index in [1.807, 2.05) is 0 Å². The molecule has 2 heterocycles. The number of rotatable bonds is 1. The highest BCUT2D eigenvalue weighted by Crippen LogP contribution is 2.25. The number of nitrogens with one attached hydrogen (secondary N) is 1.